The van der Waals surface area contributed by atoms with Gasteiger partial charge in [0, 0.05) is 45.9 Å². The third-order valence-electron chi connectivity index (χ3n) is 3.78. The molecule has 0 saturated carbocycles. The van der Waals surface area contributed by atoms with Crippen LogP contribution in [0.5, 0.6) is 0 Å². The number of methoxy groups -OCH3 is 1. The van der Waals surface area contributed by atoms with E-state index in [2.05, 4.69) is 11.8 Å². The molecule has 2 atom stereocenters. The van der Waals surface area contributed by atoms with Gasteiger partial charge in [0.25, 0.3) is 0 Å². The number of amides is 1. The summed E-state index contributed by atoms with van der Waals surface area (Å²) in [6, 6.07) is -0.157. The predicted octanol–water partition coefficient (Wildman–Crippen LogP) is 0.763. The maximum atomic E-state index is 12.2. The van der Waals surface area contributed by atoms with Gasteiger partial charge in [-0.3, -0.25) is 9.69 Å². The second-order valence-electron chi connectivity index (χ2n) is 5.14. The van der Waals surface area contributed by atoms with E-state index in [0.29, 0.717) is 6.04 Å². The fourth-order valence-corrected chi connectivity index (χ4v) is 2.59. The van der Waals surface area contributed by atoms with Crippen LogP contribution in [0.15, 0.2) is 0 Å². The molecule has 2 N–H and O–H groups in total. The molecule has 0 bridgehead atoms. The number of carbonyl (C=O) groups excluding carboxylic acids is 1. The Morgan fingerprint density at radius 1 is 1.32 bits per heavy atom. The van der Waals surface area contributed by atoms with Gasteiger partial charge in [-0.25, -0.2) is 0 Å². The average molecular weight is 360 g/mol. The first-order chi connectivity index (χ1) is 9.63. The number of hydrogen-bond donors (Lipinski definition) is 1. The number of rotatable bonds is 8. The summed E-state index contributed by atoms with van der Waals surface area (Å²) in [5, 5.41) is 0. The van der Waals surface area contributed by atoms with Crippen molar-refractivity contribution in [1.29, 1.82) is 0 Å². The van der Waals surface area contributed by atoms with Gasteiger partial charge in [0.2, 0.25) is 5.91 Å². The van der Waals surface area contributed by atoms with Crippen molar-refractivity contribution in [2.75, 3.05) is 53.1 Å². The summed E-state index contributed by atoms with van der Waals surface area (Å²) in [6.45, 7) is 9.24. The second-order valence-corrected chi connectivity index (χ2v) is 5.14. The molecule has 0 spiro atoms. The van der Waals surface area contributed by atoms with Crippen LogP contribution in [0.3, 0.4) is 0 Å². The van der Waals surface area contributed by atoms with E-state index in [-0.39, 0.29) is 37.3 Å². The summed E-state index contributed by atoms with van der Waals surface area (Å²) in [4.78, 5) is 16.5. The van der Waals surface area contributed by atoms with Crippen molar-refractivity contribution in [2.45, 2.75) is 32.4 Å². The molecule has 0 aromatic carbocycles. The van der Waals surface area contributed by atoms with Crippen molar-refractivity contribution in [1.82, 2.24) is 9.80 Å². The highest BCUT2D eigenvalue weighted by Gasteiger charge is 2.30. The zero-order valence-electron chi connectivity index (χ0n) is 13.8. The Hall–Kier alpha value is -0.110. The molecule has 22 heavy (non-hydrogen) atoms. The van der Waals surface area contributed by atoms with Gasteiger partial charge in [0.05, 0.1) is 13.2 Å². The highest BCUT2D eigenvalue weighted by Crippen LogP contribution is 2.13. The Kier molecular flexibility index (Phi) is 14.6. The summed E-state index contributed by atoms with van der Waals surface area (Å²) in [7, 11) is 1.56. The molecule has 134 valence electrons. The second kappa shape index (κ2) is 13.3. The smallest absolute Gasteiger partial charge is 0.241 e. The lowest BCUT2D eigenvalue weighted by Gasteiger charge is -2.41. The first-order valence-corrected chi connectivity index (χ1v) is 7.49. The summed E-state index contributed by atoms with van der Waals surface area (Å²) in [5.74, 6) is -0.00485. The SMILES string of the molecule is CCOCCN1CCN(C(=O)C(N)COC)CC1CC.Cl.Cl. The zero-order chi connectivity index (χ0) is 15.0. The largest absolute Gasteiger partial charge is 0.383 e. The van der Waals surface area contributed by atoms with E-state index in [4.69, 9.17) is 15.2 Å². The minimum atomic E-state index is -0.549. The van der Waals surface area contributed by atoms with Crippen molar-refractivity contribution < 1.29 is 14.3 Å². The predicted molar refractivity (Wildman–Crippen MR) is 93.1 cm³/mol. The van der Waals surface area contributed by atoms with Gasteiger partial charge in [0.1, 0.15) is 6.04 Å². The van der Waals surface area contributed by atoms with Crippen LogP contribution in [0, 0.1) is 0 Å². The molecule has 1 rings (SSSR count). The lowest BCUT2D eigenvalue weighted by atomic mass is 10.1. The van der Waals surface area contributed by atoms with Crippen LogP contribution < -0.4 is 5.73 Å². The fraction of sp³-hybridized carbons (Fsp3) is 0.929. The molecule has 1 fully saturated rings. The molecular weight excluding hydrogens is 329 g/mol. The van der Waals surface area contributed by atoms with E-state index in [9.17, 15) is 4.79 Å². The molecule has 1 heterocycles. The van der Waals surface area contributed by atoms with Crippen molar-refractivity contribution in [3.8, 4) is 0 Å². The van der Waals surface area contributed by atoms with E-state index in [1.165, 1.54) is 0 Å². The molecule has 1 amide bonds. The Morgan fingerprint density at radius 2 is 2.00 bits per heavy atom. The highest BCUT2D eigenvalue weighted by molar-refractivity contribution is 5.85. The van der Waals surface area contributed by atoms with Gasteiger partial charge >= 0.3 is 0 Å². The molecule has 2 unspecified atom stereocenters. The third kappa shape index (κ3) is 7.44. The van der Waals surface area contributed by atoms with Crippen LogP contribution in [0.25, 0.3) is 0 Å². The molecule has 1 aliphatic rings. The van der Waals surface area contributed by atoms with Gasteiger partial charge in [0.15, 0.2) is 0 Å². The number of nitrogens with two attached hydrogens (primary N) is 1. The number of halogens is 2. The topological polar surface area (TPSA) is 68.0 Å². The van der Waals surface area contributed by atoms with Gasteiger partial charge in [-0.1, -0.05) is 6.92 Å². The van der Waals surface area contributed by atoms with Crippen molar-refractivity contribution in [3.05, 3.63) is 0 Å². The summed E-state index contributed by atoms with van der Waals surface area (Å²) >= 11 is 0. The van der Waals surface area contributed by atoms with Crippen molar-refractivity contribution in [2.24, 2.45) is 5.73 Å². The Morgan fingerprint density at radius 3 is 2.55 bits per heavy atom. The van der Waals surface area contributed by atoms with Crippen LogP contribution >= 0.6 is 24.8 Å². The molecule has 0 aliphatic carbocycles. The van der Waals surface area contributed by atoms with Gasteiger partial charge < -0.3 is 20.1 Å². The number of hydrogen-bond acceptors (Lipinski definition) is 5. The average Bonchev–Trinajstić information content (AvgIpc) is 2.47. The summed E-state index contributed by atoms with van der Waals surface area (Å²) in [5.41, 5.74) is 5.83. The monoisotopic (exact) mass is 359 g/mol. The van der Waals surface area contributed by atoms with Gasteiger partial charge in [-0.2, -0.15) is 0 Å². The molecule has 1 saturated heterocycles. The Bertz CT molecular complexity index is 299. The van der Waals surface area contributed by atoms with E-state index in [0.717, 1.165) is 45.8 Å². The van der Waals surface area contributed by atoms with Gasteiger partial charge in [-0.15, -0.1) is 24.8 Å². The third-order valence-corrected chi connectivity index (χ3v) is 3.78. The minimum Gasteiger partial charge on any atom is -0.383 e. The van der Waals surface area contributed by atoms with Crippen LogP contribution in [0.2, 0.25) is 0 Å². The summed E-state index contributed by atoms with van der Waals surface area (Å²) in [6.07, 6.45) is 1.02. The standard InChI is InChI=1S/C14H29N3O3.2ClH/c1-4-12-10-17(14(18)13(15)11-19-3)7-6-16(12)8-9-20-5-2;;/h12-13H,4-11,15H2,1-3H3;2*1H. The van der Waals surface area contributed by atoms with Crippen LogP contribution in [0.4, 0.5) is 0 Å². The van der Waals surface area contributed by atoms with Crippen molar-refractivity contribution >= 4 is 30.7 Å². The van der Waals surface area contributed by atoms with Crippen molar-refractivity contribution in [3.63, 3.8) is 0 Å². The number of carbonyl (C=O) groups is 1. The maximum Gasteiger partial charge on any atom is 0.241 e. The normalized spacial score (nSPS) is 20.0. The van der Waals surface area contributed by atoms with Gasteiger partial charge in [-0.05, 0) is 13.3 Å². The molecule has 6 nitrogen and oxygen atoms in total. The molecule has 8 heteroatoms. The quantitative estimate of drug-likeness (QED) is 0.648. The molecule has 0 aromatic heterocycles. The highest BCUT2D eigenvalue weighted by atomic mass is 35.5. The summed E-state index contributed by atoms with van der Waals surface area (Å²) < 4.78 is 10.4. The Labute approximate surface area is 146 Å². The number of nitrogens with zero attached hydrogens (tertiary/aromatic N) is 2. The lowest BCUT2D eigenvalue weighted by molar-refractivity contribution is -0.137. The molecule has 1 aliphatic heterocycles. The van der Waals surface area contributed by atoms with Crippen LogP contribution in [-0.2, 0) is 14.3 Å². The number of ether oxygens (including phenoxy) is 2. The van der Waals surface area contributed by atoms with E-state index in [1.54, 1.807) is 7.11 Å². The van der Waals surface area contributed by atoms with E-state index >= 15 is 0 Å². The molecule has 0 aromatic rings. The van der Waals surface area contributed by atoms with E-state index in [1.807, 2.05) is 11.8 Å². The fourth-order valence-electron chi connectivity index (χ4n) is 2.59. The van der Waals surface area contributed by atoms with E-state index < -0.39 is 6.04 Å². The molecular formula is C14H31Cl2N3O3. The van der Waals surface area contributed by atoms with Crippen LogP contribution in [-0.4, -0.2) is 80.9 Å². The first-order valence-electron chi connectivity index (χ1n) is 7.49. The first kappa shape index (κ1) is 24.1. The van der Waals surface area contributed by atoms with Crippen LogP contribution in [0.1, 0.15) is 20.3 Å². The lowest BCUT2D eigenvalue weighted by Crippen LogP contribution is -2.58. The maximum absolute atomic E-state index is 12.2. The number of piperazine rings is 1. The minimum absolute atomic E-state index is 0. The Balaban J connectivity index is 0. The molecule has 0 radical (unpaired) electrons. The zero-order valence-corrected chi connectivity index (χ0v) is 15.5.